The van der Waals surface area contributed by atoms with Gasteiger partial charge in [0.25, 0.3) is 0 Å². The summed E-state index contributed by atoms with van der Waals surface area (Å²) in [6, 6.07) is 9.50. The second-order valence-electron chi connectivity index (χ2n) is 6.86. The number of imidazole rings is 1. The number of hydrogen-bond acceptors (Lipinski definition) is 3. The van der Waals surface area contributed by atoms with Gasteiger partial charge in [0.05, 0.1) is 23.8 Å². The minimum Gasteiger partial charge on any atom is -0.343 e. The molecule has 2 N–H and O–H groups in total. The van der Waals surface area contributed by atoms with E-state index in [2.05, 4.69) is 4.98 Å². The summed E-state index contributed by atoms with van der Waals surface area (Å²) < 4.78 is 30.8. The van der Waals surface area contributed by atoms with Crippen molar-refractivity contribution in [3.8, 4) is 0 Å². The minimum atomic E-state index is -2.39. The molecule has 1 aromatic carbocycles. The fourth-order valence-corrected chi connectivity index (χ4v) is 3.70. The summed E-state index contributed by atoms with van der Waals surface area (Å²) in [6.45, 7) is 0.857. The number of aromatic nitrogens is 4. The van der Waals surface area contributed by atoms with Gasteiger partial charge in [-0.05, 0) is 29.8 Å². The van der Waals surface area contributed by atoms with Gasteiger partial charge in [0, 0.05) is 49.4 Å². The maximum atomic E-state index is 12.9. The zero-order valence-corrected chi connectivity index (χ0v) is 15.5. The van der Waals surface area contributed by atoms with Gasteiger partial charge in [-0.1, -0.05) is 6.07 Å². The lowest BCUT2D eigenvalue weighted by Crippen LogP contribution is -2.23. The highest BCUT2D eigenvalue weighted by Gasteiger charge is 2.16. The van der Waals surface area contributed by atoms with Crippen LogP contribution in [0.2, 0.25) is 0 Å². The molecular formula is C20H21F2N5O. The van der Waals surface area contributed by atoms with Crippen LogP contribution in [0.1, 0.15) is 17.7 Å². The number of alkyl halides is 2. The van der Waals surface area contributed by atoms with E-state index in [0.717, 1.165) is 27.7 Å². The lowest BCUT2D eigenvalue weighted by atomic mass is 10.1. The van der Waals surface area contributed by atoms with E-state index < -0.39 is 6.43 Å². The number of pyridine rings is 1. The van der Waals surface area contributed by atoms with Gasteiger partial charge >= 0.3 is 5.69 Å². The number of fused-ring (bicyclic) bond motifs is 2. The molecule has 0 atom stereocenters. The predicted octanol–water partition coefficient (Wildman–Crippen LogP) is 2.85. The van der Waals surface area contributed by atoms with E-state index in [4.69, 9.17) is 5.73 Å². The second kappa shape index (κ2) is 7.20. The molecule has 0 spiro atoms. The molecule has 6 nitrogen and oxygen atoms in total. The Morgan fingerprint density at radius 2 is 1.93 bits per heavy atom. The van der Waals surface area contributed by atoms with Gasteiger partial charge in [-0.25, -0.2) is 13.6 Å². The van der Waals surface area contributed by atoms with Crippen molar-refractivity contribution in [1.82, 2.24) is 18.7 Å². The molecule has 0 bridgehead atoms. The van der Waals surface area contributed by atoms with Gasteiger partial charge in [-0.2, -0.15) is 0 Å². The van der Waals surface area contributed by atoms with Crippen LogP contribution in [0.15, 0.2) is 47.5 Å². The van der Waals surface area contributed by atoms with Crippen molar-refractivity contribution in [2.75, 3.05) is 0 Å². The minimum absolute atomic E-state index is 0.170. The van der Waals surface area contributed by atoms with E-state index in [9.17, 15) is 13.6 Å². The van der Waals surface area contributed by atoms with Crippen LogP contribution in [-0.2, 0) is 26.7 Å². The molecule has 0 radical (unpaired) electrons. The van der Waals surface area contributed by atoms with Gasteiger partial charge < -0.3 is 10.3 Å². The van der Waals surface area contributed by atoms with Crippen LogP contribution in [0, 0.1) is 0 Å². The maximum absolute atomic E-state index is 12.9. The fourth-order valence-electron chi connectivity index (χ4n) is 3.70. The van der Waals surface area contributed by atoms with Crippen LogP contribution in [0.25, 0.3) is 21.9 Å². The SMILES string of the molecule is Cn1c(=O)n(Cc2cc3cc(CN)ccc3n2CCC(F)F)c2cnccc21. The van der Waals surface area contributed by atoms with Crippen molar-refractivity contribution >= 4 is 21.9 Å². The highest BCUT2D eigenvalue weighted by atomic mass is 19.3. The number of nitrogens with zero attached hydrogens (tertiary/aromatic N) is 4. The number of nitrogens with two attached hydrogens (primary N) is 1. The Labute approximate surface area is 159 Å². The van der Waals surface area contributed by atoms with E-state index in [0.29, 0.717) is 12.1 Å². The predicted molar refractivity (Wildman–Crippen MR) is 105 cm³/mol. The Morgan fingerprint density at radius 1 is 1.11 bits per heavy atom. The van der Waals surface area contributed by atoms with Crippen molar-refractivity contribution in [3.63, 3.8) is 0 Å². The van der Waals surface area contributed by atoms with Crippen LogP contribution in [0.3, 0.4) is 0 Å². The summed E-state index contributed by atoms with van der Waals surface area (Å²) in [5.41, 5.74) is 9.68. The Balaban J connectivity index is 1.85. The van der Waals surface area contributed by atoms with E-state index in [1.807, 2.05) is 28.8 Å². The molecule has 3 aromatic heterocycles. The first kappa shape index (κ1) is 18.4. The van der Waals surface area contributed by atoms with Gasteiger partial charge in [0.15, 0.2) is 0 Å². The van der Waals surface area contributed by atoms with Crippen LogP contribution >= 0.6 is 0 Å². The molecule has 0 amide bonds. The Kier molecular flexibility index (Phi) is 4.72. The average Bonchev–Trinajstić information content (AvgIpc) is 3.16. The number of rotatable bonds is 6. The summed E-state index contributed by atoms with van der Waals surface area (Å²) in [5.74, 6) is 0. The fraction of sp³-hybridized carbons (Fsp3) is 0.300. The largest absolute Gasteiger partial charge is 0.343 e. The summed E-state index contributed by atoms with van der Waals surface area (Å²) in [6.07, 6.45) is 0.648. The molecule has 3 heterocycles. The molecule has 0 saturated carbocycles. The van der Waals surface area contributed by atoms with Crippen LogP contribution in [0.5, 0.6) is 0 Å². The standard InChI is InChI=1S/C20H21F2N5O/c1-25-17-4-6-24-11-18(17)27(20(25)28)12-15-9-14-8-13(10-23)2-3-16(14)26(15)7-5-19(21)22/h2-4,6,8-9,11,19H,5,7,10,12,23H2,1H3. The molecule has 0 fully saturated rings. The van der Waals surface area contributed by atoms with Gasteiger partial charge in [0.1, 0.15) is 0 Å². The first-order valence-electron chi connectivity index (χ1n) is 9.08. The molecule has 0 aliphatic heterocycles. The van der Waals surface area contributed by atoms with Crippen molar-refractivity contribution in [1.29, 1.82) is 0 Å². The molecule has 0 unspecified atom stereocenters. The van der Waals surface area contributed by atoms with Gasteiger partial charge in [0.2, 0.25) is 6.43 Å². The Morgan fingerprint density at radius 3 is 2.68 bits per heavy atom. The summed E-state index contributed by atoms with van der Waals surface area (Å²) in [7, 11) is 1.71. The highest BCUT2D eigenvalue weighted by molar-refractivity contribution is 5.82. The zero-order chi connectivity index (χ0) is 19.8. The monoisotopic (exact) mass is 385 g/mol. The lowest BCUT2D eigenvalue weighted by molar-refractivity contribution is 0.131. The third-order valence-electron chi connectivity index (χ3n) is 5.13. The van der Waals surface area contributed by atoms with Crippen molar-refractivity contribution in [3.05, 3.63) is 64.5 Å². The van der Waals surface area contributed by atoms with E-state index >= 15 is 0 Å². The number of halogens is 2. The number of benzene rings is 1. The first-order valence-corrected chi connectivity index (χ1v) is 9.08. The van der Waals surface area contributed by atoms with Crippen LogP contribution in [-0.4, -0.2) is 25.1 Å². The topological polar surface area (TPSA) is 70.8 Å². The van der Waals surface area contributed by atoms with Crippen molar-refractivity contribution < 1.29 is 8.78 Å². The molecule has 4 aromatic rings. The Bertz CT molecular complexity index is 1200. The summed E-state index contributed by atoms with van der Waals surface area (Å²) in [4.78, 5) is 16.9. The molecule has 0 saturated heterocycles. The third-order valence-corrected chi connectivity index (χ3v) is 5.13. The van der Waals surface area contributed by atoms with Crippen LogP contribution < -0.4 is 11.4 Å². The molecule has 8 heteroatoms. The number of aryl methyl sites for hydroxylation is 2. The smallest absolute Gasteiger partial charge is 0.329 e. The second-order valence-corrected chi connectivity index (χ2v) is 6.86. The van der Waals surface area contributed by atoms with E-state index in [-0.39, 0.29) is 25.2 Å². The normalized spacial score (nSPS) is 11.9. The average molecular weight is 385 g/mol. The molecule has 146 valence electrons. The van der Waals surface area contributed by atoms with E-state index in [1.165, 1.54) is 0 Å². The van der Waals surface area contributed by atoms with Gasteiger partial charge in [-0.3, -0.25) is 14.1 Å². The molecular weight excluding hydrogens is 364 g/mol. The summed E-state index contributed by atoms with van der Waals surface area (Å²) >= 11 is 0. The molecule has 4 rings (SSSR count). The van der Waals surface area contributed by atoms with Gasteiger partial charge in [-0.15, -0.1) is 0 Å². The lowest BCUT2D eigenvalue weighted by Gasteiger charge is -2.11. The van der Waals surface area contributed by atoms with E-state index in [1.54, 1.807) is 34.6 Å². The molecule has 0 aliphatic rings. The van der Waals surface area contributed by atoms with Crippen molar-refractivity contribution in [2.24, 2.45) is 12.8 Å². The van der Waals surface area contributed by atoms with Crippen molar-refractivity contribution in [2.45, 2.75) is 32.5 Å². The third kappa shape index (κ3) is 3.09. The molecule has 28 heavy (non-hydrogen) atoms. The Hall–Kier alpha value is -3.00. The maximum Gasteiger partial charge on any atom is 0.329 e. The number of hydrogen-bond donors (Lipinski definition) is 1. The first-order chi connectivity index (χ1) is 13.5. The summed E-state index contributed by atoms with van der Waals surface area (Å²) in [5, 5.41) is 0.929. The quantitative estimate of drug-likeness (QED) is 0.555. The van der Waals surface area contributed by atoms with Crippen LogP contribution in [0.4, 0.5) is 8.78 Å². The highest BCUT2D eigenvalue weighted by Crippen LogP contribution is 2.24. The zero-order valence-electron chi connectivity index (χ0n) is 15.5. The molecule has 0 aliphatic carbocycles.